The first-order chi connectivity index (χ1) is 12.8. The largest absolute Gasteiger partial charge is 0.379 e. The number of hydrogen-bond acceptors (Lipinski definition) is 4. The predicted molar refractivity (Wildman–Crippen MR) is 112 cm³/mol. The summed E-state index contributed by atoms with van der Waals surface area (Å²) >= 11 is 0. The number of guanidine groups is 1. The van der Waals surface area contributed by atoms with Crippen LogP contribution >= 0.6 is 0 Å². The molecule has 0 amide bonds. The first-order valence-corrected chi connectivity index (χ1v) is 10.7. The SMILES string of the molecule is CN=C(NCC1CCCOC1C(C)(C)C)NCC(C(C)C)N1CCOCC1. The molecule has 3 unspecified atom stereocenters. The van der Waals surface area contributed by atoms with Gasteiger partial charge in [-0.05, 0) is 24.2 Å². The Hall–Kier alpha value is -0.850. The van der Waals surface area contributed by atoms with E-state index in [0.717, 1.165) is 58.4 Å². The molecule has 0 radical (unpaired) electrons. The Bertz CT molecular complexity index is 456. The van der Waals surface area contributed by atoms with Crippen molar-refractivity contribution in [3.05, 3.63) is 0 Å². The average molecular weight is 383 g/mol. The van der Waals surface area contributed by atoms with E-state index in [-0.39, 0.29) is 5.41 Å². The highest BCUT2D eigenvalue weighted by Crippen LogP contribution is 2.33. The summed E-state index contributed by atoms with van der Waals surface area (Å²) < 4.78 is 11.6. The number of ether oxygens (including phenoxy) is 2. The number of nitrogens with one attached hydrogen (secondary N) is 2. The molecule has 3 atom stereocenters. The zero-order chi connectivity index (χ0) is 19.9. The molecule has 6 nitrogen and oxygen atoms in total. The third-order valence-electron chi connectivity index (χ3n) is 5.82. The smallest absolute Gasteiger partial charge is 0.191 e. The highest BCUT2D eigenvalue weighted by molar-refractivity contribution is 5.79. The Balaban J connectivity index is 1.85. The van der Waals surface area contributed by atoms with Gasteiger partial charge in [-0.1, -0.05) is 34.6 Å². The molecule has 2 aliphatic rings. The Morgan fingerprint density at radius 1 is 1.15 bits per heavy atom. The molecule has 0 aromatic heterocycles. The van der Waals surface area contributed by atoms with Crippen molar-refractivity contribution in [1.29, 1.82) is 0 Å². The second-order valence-electron chi connectivity index (χ2n) is 9.35. The molecule has 0 saturated carbocycles. The zero-order valence-corrected chi connectivity index (χ0v) is 18.4. The molecule has 2 heterocycles. The van der Waals surface area contributed by atoms with Gasteiger partial charge in [-0.15, -0.1) is 0 Å². The molecule has 0 aliphatic carbocycles. The van der Waals surface area contributed by atoms with Gasteiger partial charge in [0.2, 0.25) is 0 Å². The molecular formula is C21H42N4O2. The van der Waals surface area contributed by atoms with Crippen LogP contribution in [0.15, 0.2) is 4.99 Å². The minimum Gasteiger partial charge on any atom is -0.379 e. The number of nitrogens with zero attached hydrogens (tertiary/aromatic N) is 2. The molecule has 2 N–H and O–H groups in total. The molecule has 0 bridgehead atoms. The van der Waals surface area contributed by atoms with E-state index in [0.29, 0.717) is 24.0 Å². The first-order valence-electron chi connectivity index (χ1n) is 10.7. The summed E-state index contributed by atoms with van der Waals surface area (Å²) in [6.07, 6.45) is 2.67. The third-order valence-corrected chi connectivity index (χ3v) is 5.82. The van der Waals surface area contributed by atoms with Gasteiger partial charge >= 0.3 is 0 Å². The summed E-state index contributed by atoms with van der Waals surface area (Å²) in [6, 6.07) is 0.493. The maximum atomic E-state index is 6.11. The Morgan fingerprint density at radius 2 is 1.85 bits per heavy atom. The van der Waals surface area contributed by atoms with Crippen molar-refractivity contribution in [1.82, 2.24) is 15.5 Å². The zero-order valence-electron chi connectivity index (χ0n) is 18.4. The molecule has 0 aromatic carbocycles. The van der Waals surface area contributed by atoms with Gasteiger partial charge < -0.3 is 20.1 Å². The van der Waals surface area contributed by atoms with Crippen LogP contribution in [0.25, 0.3) is 0 Å². The lowest BCUT2D eigenvalue weighted by Gasteiger charge is -2.40. The standard InChI is InChI=1S/C21H42N4O2/c1-16(2)18(25-9-12-26-13-10-25)15-24-20(22-6)23-14-17-8-7-11-27-19(17)21(3,4)5/h16-19H,7-15H2,1-6H3,(H2,22,23,24). The minimum atomic E-state index is 0.169. The van der Waals surface area contributed by atoms with Crippen molar-refractivity contribution in [2.24, 2.45) is 22.2 Å². The molecule has 0 spiro atoms. The molecule has 6 heteroatoms. The van der Waals surface area contributed by atoms with E-state index in [1.807, 2.05) is 7.05 Å². The Morgan fingerprint density at radius 3 is 2.44 bits per heavy atom. The molecule has 2 fully saturated rings. The molecule has 2 aliphatic heterocycles. The van der Waals surface area contributed by atoms with E-state index in [1.165, 1.54) is 6.42 Å². The van der Waals surface area contributed by atoms with Crippen LogP contribution in [0.3, 0.4) is 0 Å². The third kappa shape index (κ3) is 6.91. The van der Waals surface area contributed by atoms with Crippen molar-refractivity contribution in [3.63, 3.8) is 0 Å². The first kappa shape index (κ1) is 22.4. The van der Waals surface area contributed by atoms with E-state index in [4.69, 9.17) is 9.47 Å². The number of morpholine rings is 1. The number of hydrogen-bond donors (Lipinski definition) is 2. The van der Waals surface area contributed by atoms with Crippen LogP contribution in [0, 0.1) is 17.3 Å². The van der Waals surface area contributed by atoms with Crippen LogP contribution in [-0.2, 0) is 9.47 Å². The summed E-state index contributed by atoms with van der Waals surface area (Å²) in [7, 11) is 1.85. The molecule has 2 saturated heterocycles. The van der Waals surface area contributed by atoms with Crippen LogP contribution in [0.1, 0.15) is 47.5 Å². The van der Waals surface area contributed by atoms with Gasteiger partial charge in [0.05, 0.1) is 19.3 Å². The summed E-state index contributed by atoms with van der Waals surface area (Å²) in [5, 5.41) is 7.11. The Kier molecular flexibility index (Phi) is 8.83. The number of rotatable bonds is 6. The predicted octanol–water partition coefficient (Wildman–Crippen LogP) is 2.35. The lowest BCUT2D eigenvalue weighted by molar-refractivity contribution is -0.0835. The van der Waals surface area contributed by atoms with Crippen molar-refractivity contribution >= 4 is 5.96 Å². The topological polar surface area (TPSA) is 58.1 Å². The van der Waals surface area contributed by atoms with Gasteiger partial charge in [-0.2, -0.15) is 0 Å². The minimum absolute atomic E-state index is 0.169. The van der Waals surface area contributed by atoms with Crippen molar-refractivity contribution in [2.45, 2.75) is 59.6 Å². The molecule has 0 aromatic rings. The number of aliphatic imine (C=N–C) groups is 1. The van der Waals surface area contributed by atoms with Crippen molar-refractivity contribution in [2.75, 3.05) is 53.0 Å². The highest BCUT2D eigenvalue weighted by Gasteiger charge is 2.35. The summed E-state index contributed by atoms with van der Waals surface area (Å²) in [5.41, 5.74) is 0.169. The fourth-order valence-corrected chi connectivity index (χ4v) is 4.35. The van der Waals surface area contributed by atoms with Crippen LogP contribution in [0.4, 0.5) is 0 Å². The van der Waals surface area contributed by atoms with E-state index < -0.39 is 0 Å². The van der Waals surface area contributed by atoms with Gasteiger partial charge in [0.15, 0.2) is 5.96 Å². The summed E-state index contributed by atoms with van der Waals surface area (Å²) in [4.78, 5) is 6.99. The quantitative estimate of drug-likeness (QED) is 0.545. The Labute approximate surface area is 166 Å². The van der Waals surface area contributed by atoms with Gasteiger partial charge in [-0.25, -0.2) is 0 Å². The monoisotopic (exact) mass is 382 g/mol. The normalized spacial score (nSPS) is 26.9. The molecular weight excluding hydrogens is 340 g/mol. The summed E-state index contributed by atoms with van der Waals surface area (Å²) in [6.45, 7) is 17.8. The summed E-state index contributed by atoms with van der Waals surface area (Å²) in [5.74, 6) is 2.01. The van der Waals surface area contributed by atoms with Gasteiger partial charge in [0.1, 0.15) is 0 Å². The van der Waals surface area contributed by atoms with E-state index in [9.17, 15) is 0 Å². The maximum Gasteiger partial charge on any atom is 0.191 e. The van der Waals surface area contributed by atoms with E-state index in [2.05, 4.69) is 55.1 Å². The second-order valence-corrected chi connectivity index (χ2v) is 9.35. The van der Waals surface area contributed by atoms with Gasteiger partial charge in [0, 0.05) is 51.8 Å². The van der Waals surface area contributed by atoms with Gasteiger partial charge in [-0.3, -0.25) is 9.89 Å². The molecule has 158 valence electrons. The lowest BCUT2D eigenvalue weighted by atomic mass is 9.78. The van der Waals surface area contributed by atoms with Crippen LogP contribution < -0.4 is 10.6 Å². The van der Waals surface area contributed by atoms with Crippen molar-refractivity contribution in [3.8, 4) is 0 Å². The van der Waals surface area contributed by atoms with Crippen LogP contribution in [0.5, 0.6) is 0 Å². The van der Waals surface area contributed by atoms with E-state index in [1.54, 1.807) is 0 Å². The lowest BCUT2D eigenvalue weighted by Crippen LogP contribution is -2.53. The maximum absolute atomic E-state index is 6.11. The average Bonchev–Trinajstić information content (AvgIpc) is 2.64. The van der Waals surface area contributed by atoms with Crippen molar-refractivity contribution < 1.29 is 9.47 Å². The van der Waals surface area contributed by atoms with Crippen LogP contribution in [-0.4, -0.2) is 76.1 Å². The molecule has 2 rings (SSSR count). The van der Waals surface area contributed by atoms with E-state index >= 15 is 0 Å². The fraction of sp³-hybridized carbons (Fsp3) is 0.952. The van der Waals surface area contributed by atoms with Gasteiger partial charge in [0.25, 0.3) is 0 Å². The highest BCUT2D eigenvalue weighted by atomic mass is 16.5. The van der Waals surface area contributed by atoms with Crippen LogP contribution in [0.2, 0.25) is 0 Å². The second kappa shape index (κ2) is 10.6. The fourth-order valence-electron chi connectivity index (χ4n) is 4.35. The molecule has 27 heavy (non-hydrogen) atoms.